The number of likely N-dealkylation sites (tertiary alicyclic amines) is 1. The number of fused-ring (bicyclic) bond motifs is 3. The maximum Gasteiger partial charge on any atom is 0.349 e. The van der Waals surface area contributed by atoms with Gasteiger partial charge in [0, 0.05) is 48.1 Å². The highest BCUT2D eigenvalue weighted by molar-refractivity contribution is 6.01. The fourth-order valence-electron chi connectivity index (χ4n) is 5.41. The topological polar surface area (TPSA) is 91.9 Å². The zero-order chi connectivity index (χ0) is 23.7. The molecule has 0 aliphatic carbocycles. The summed E-state index contributed by atoms with van der Waals surface area (Å²) in [5.74, 6) is 0.627. The molecule has 2 unspecified atom stereocenters. The van der Waals surface area contributed by atoms with Crippen LogP contribution in [0.5, 0.6) is 11.8 Å². The first kappa shape index (κ1) is 20.9. The van der Waals surface area contributed by atoms with Crippen molar-refractivity contribution in [2.45, 2.75) is 13.0 Å². The zero-order valence-electron chi connectivity index (χ0n) is 19.0. The first-order valence-electron chi connectivity index (χ1n) is 11.1. The Morgan fingerprint density at radius 1 is 1.18 bits per heavy atom. The van der Waals surface area contributed by atoms with Crippen LogP contribution in [-0.4, -0.2) is 59.8 Å². The lowest BCUT2D eigenvalue weighted by Crippen LogP contribution is -2.56. The van der Waals surface area contributed by atoms with Gasteiger partial charge in [0.05, 0.1) is 12.6 Å². The van der Waals surface area contributed by atoms with Crippen LogP contribution >= 0.6 is 0 Å². The van der Waals surface area contributed by atoms with Gasteiger partial charge in [0.1, 0.15) is 22.7 Å². The summed E-state index contributed by atoms with van der Waals surface area (Å²) >= 11 is 0. The summed E-state index contributed by atoms with van der Waals surface area (Å²) in [6.07, 6.45) is 0. The molecule has 2 aliphatic rings. The average Bonchev–Trinajstić information content (AvgIpc) is 3.09. The molecule has 2 fully saturated rings. The molecule has 2 aromatic heterocycles. The van der Waals surface area contributed by atoms with Crippen molar-refractivity contribution in [2.75, 3.05) is 38.7 Å². The molecule has 9 heteroatoms. The number of phenols is 1. The molecule has 2 aromatic carbocycles. The lowest BCUT2D eigenvalue weighted by molar-refractivity contribution is 0.351. The van der Waals surface area contributed by atoms with Crippen LogP contribution in [0.15, 0.2) is 39.5 Å². The van der Waals surface area contributed by atoms with Crippen LogP contribution in [0, 0.1) is 18.7 Å². The standard InChI is InChI=1S/C25H23FN4O4/c1-12-21-20(23(28-25(27-21)33-3)30-10-14-9-29(2)11-18(14)30)24(32)34-22(12)16-8-15(31)7-13-5-4-6-17(26)19(13)16/h4-8,14,18,31H,9-11H2,1-3H3. The molecule has 0 spiro atoms. The lowest BCUT2D eigenvalue weighted by atomic mass is 9.91. The van der Waals surface area contributed by atoms with Crippen molar-refractivity contribution in [3.05, 3.63) is 52.1 Å². The third-order valence-corrected chi connectivity index (χ3v) is 6.99. The lowest BCUT2D eigenvalue weighted by Gasteiger charge is -2.44. The van der Waals surface area contributed by atoms with E-state index in [-0.39, 0.29) is 39.9 Å². The Bertz CT molecular complexity index is 1540. The summed E-state index contributed by atoms with van der Waals surface area (Å²) in [6, 6.07) is 7.86. The summed E-state index contributed by atoms with van der Waals surface area (Å²) in [4.78, 5) is 26.8. The number of rotatable bonds is 3. The molecule has 0 amide bonds. The third-order valence-electron chi connectivity index (χ3n) is 6.99. The van der Waals surface area contributed by atoms with Gasteiger partial charge in [-0.2, -0.15) is 9.97 Å². The SMILES string of the molecule is COc1nc(N2CC3CN(C)CC32)c2c(=O)oc(-c3cc(O)cc4cccc(F)c34)c(C)c2n1. The predicted molar refractivity (Wildman–Crippen MR) is 126 cm³/mol. The molecule has 8 nitrogen and oxygen atoms in total. The molecule has 174 valence electrons. The minimum Gasteiger partial charge on any atom is -0.508 e. The number of phenolic OH excluding ortho intramolecular Hbond substituents is 1. The van der Waals surface area contributed by atoms with Crippen molar-refractivity contribution in [3.63, 3.8) is 0 Å². The van der Waals surface area contributed by atoms with Crippen molar-refractivity contribution in [1.82, 2.24) is 14.9 Å². The number of aryl methyl sites for hydroxylation is 1. The molecular formula is C25H23FN4O4. The Hall–Kier alpha value is -3.72. The van der Waals surface area contributed by atoms with Gasteiger partial charge in [0.25, 0.3) is 0 Å². The first-order chi connectivity index (χ1) is 16.4. The van der Waals surface area contributed by atoms with Crippen LogP contribution in [0.1, 0.15) is 5.56 Å². The molecule has 0 saturated carbocycles. The number of aromatic hydroxyl groups is 1. The highest BCUT2D eigenvalue weighted by atomic mass is 19.1. The van der Waals surface area contributed by atoms with E-state index in [1.54, 1.807) is 19.1 Å². The van der Waals surface area contributed by atoms with Crippen LogP contribution in [0.25, 0.3) is 33.0 Å². The van der Waals surface area contributed by atoms with E-state index in [1.165, 1.54) is 25.3 Å². The average molecular weight is 462 g/mol. The number of benzene rings is 2. The molecule has 4 heterocycles. The summed E-state index contributed by atoms with van der Waals surface area (Å²) < 4.78 is 26.0. The fourth-order valence-corrected chi connectivity index (χ4v) is 5.41. The van der Waals surface area contributed by atoms with Crippen LogP contribution < -0.4 is 15.3 Å². The fraction of sp³-hybridized carbons (Fsp3) is 0.320. The van der Waals surface area contributed by atoms with Crippen LogP contribution in [0.2, 0.25) is 0 Å². The molecule has 2 aliphatic heterocycles. The molecule has 6 rings (SSSR count). The van der Waals surface area contributed by atoms with Gasteiger partial charge in [-0.1, -0.05) is 12.1 Å². The second-order valence-corrected chi connectivity index (χ2v) is 9.13. The Kier molecular flexibility index (Phi) is 4.54. The maximum atomic E-state index is 14.9. The maximum absolute atomic E-state index is 14.9. The highest BCUT2D eigenvalue weighted by Crippen LogP contribution is 2.41. The molecule has 4 aromatic rings. The number of hydrogen-bond acceptors (Lipinski definition) is 8. The number of anilines is 1. The predicted octanol–water partition coefficient (Wildman–Crippen LogP) is 3.32. The van der Waals surface area contributed by atoms with Gasteiger partial charge in [-0.25, -0.2) is 9.18 Å². The van der Waals surface area contributed by atoms with Gasteiger partial charge >= 0.3 is 11.6 Å². The molecule has 2 atom stereocenters. The van der Waals surface area contributed by atoms with E-state index in [4.69, 9.17) is 9.15 Å². The van der Waals surface area contributed by atoms with Crippen LogP contribution in [0.4, 0.5) is 10.2 Å². The van der Waals surface area contributed by atoms with E-state index in [1.807, 2.05) is 0 Å². The number of ether oxygens (including phenoxy) is 1. The summed E-state index contributed by atoms with van der Waals surface area (Å²) in [5, 5.41) is 11.3. The molecule has 34 heavy (non-hydrogen) atoms. The third kappa shape index (κ3) is 2.96. The summed E-state index contributed by atoms with van der Waals surface area (Å²) in [6.45, 7) is 4.44. The molecular weight excluding hydrogens is 439 g/mol. The molecule has 2 saturated heterocycles. The Morgan fingerprint density at radius 3 is 2.76 bits per heavy atom. The number of methoxy groups -OCH3 is 1. The normalized spacial score (nSPS) is 20.1. The van der Waals surface area contributed by atoms with Crippen molar-refractivity contribution >= 4 is 27.5 Å². The van der Waals surface area contributed by atoms with E-state index < -0.39 is 11.4 Å². The monoisotopic (exact) mass is 462 g/mol. The van der Waals surface area contributed by atoms with E-state index in [0.29, 0.717) is 28.2 Å². The quantitative estimate of drug-likeness (QED) is 0.496. The second kappa shape index (κ2) is 7.39. The zero-order valence-corrected chi connectivity index (χ0v) is 19.0. The van der Waals surface area contributed by atoms with Crippen LogP contribution in [-0.2, 0) is 0 Å². The minimum atomic E-state index is -0.615. The Morgan fingerprint density at radius 2 is 2.00 bits per heavy atom. The number of hydrogen-bond donors (Lipinski definition) is 1. The van der Waals surface area contributed by atoms with Crippen molar-refractivity contribution in [2.24, 2.45) is 5.92 Å². The van der Waals surface area contributed by atoms with E-state index in [0.717, 1.165) is 19.6 Å². The largest absolute Gasteiger partial charge is 0.508 e. The van der Waals surface area contributed by atoms with Gasteiger partial charge < -0.3 is 24.1 Å². The van der Waals surface area contributed by atoms with Crippen molar-refractivity contribution < 1.29 is 18.7 Å². The second-order valence-electron chi connectivity index (χ2n) is 9.13. The van der Waals surface area contributed by atoms with Gasteiger partial charge in [0.15, 0.2) is 5.82 Å². The molecule has 0 radical (unpaired) electrons. The Labute approximate surface area is 194 Å². The van der Waals surface area contributed by atoms with E-state index >= 15 is 0 Å². The first-order valence-corrected chi connectivity index (χ1v) is 11.1. The Balaban J connectivity index is 1.61. The number of likely N-dealkylation sites (N-methyl/N-ethyl adjacent to an activating group) is 1. The number of halogens is 1. The molecule has 1 N–H and O–H groups in total. The van der Waals surface area contributed by atoms with Crippen LogP contribution in [0.3, 0.4) is 0 Å². The van der Waals surface area contributed by atoms with Crippen molar-refractivity contribution in [3.8, 4) is 23.1 Å². The van der Waals surface area contributed by atoms with Gasteiger partial charge in [-0.15, -0.1) is 0 Å². The van der Waals surface area contributed by atoms with Gasteiger partial charge in [0.2, 0.25) is 0 Å². The van der Waals surface area contributed by atoms with Gasteiger partial charge in [-0.05, 0) is 37.6 Å². The summed E-state index contributed by atoms with van der Waals surface area (Å²) in [5.41, 5.74) is 0.587. The summed E-state index contributed by atoms with van der Waals surface area (Å²) in [7, 11) is 3.56. The van der Waals surface area contributed by atoms with Gasteiger partial charge in [-0.3, -0.25) is 0 Å². The van der Waals surface area contributed by atoms with E-state index in [9.17, 15) is 14.3 Å². The molecule has 0 bridgehead atoms. The van der Waals surface area contributed by atoms with Crippen molar-refractivity contribution in [1.29, 1.82) is 0 Å². The highest BCUT2D eigenvalue weighted by Gasteiger charge is 2.46. The smallest absolute Gasteiger partial charge is 0.349 e. The minimum absolute atomic E-state index is 0.0619. The number of aromatic nitrogens is 2. The van der Waals surface area contributed by atoms with E-state index in [2.05, 4.69) is 26.8 Å². The number of nitrogens with zero attached hydrogens (tertiary/aromatic N) is 4.